The average Bonchev–Trinajstić information content (AvgIpc) is 2.49. The van der Waals surface area contributed by atoms with E-state index in [9.17, 15) is 4.79 Å². The van der Waals surface area contributed by atoms with Crippen LogP contribution in [-0.4, -0.2) is 33.4 Å². The van der Waals surface area contributed by atoms with Crippen LogP contribution in [-0.2, 0) is 0 Å². The van der Waals surface area contributed by atoms with E-state index in [1.807, 2.05) is 25.7 Å². The number of hydrogen-bond acceptors (Lipinski definition) is 3. The minimum Gasteiger partial charge on any atom is -0.335 e. The molecule has 0 radical (unpaired) electrons. The van der Waals surface area contributed by atoms with Crippen LogP contribution in [0, 0.1) is 0 Å². The van der Waals surface area contributed by atoms with Crippen molar-refractivity contribution in [2.75, 3.05) is 6.54 Å². The summed E-state index contributed by atoms with van der Waals surface area (Å²) in [6.07, 6.45) is 7.38. The van der Waals surface area contributed by atoms with E-state index >= 15 is 0 Å². The molecule has 116 valence electrons. The van der Waals surface area contributed by atoms with Crippen molar-refractivity contribution in [1.82, 2.24) is 14.9 Å². The van der Waals surface area contributed by atoms with Gasteiger partial charge in [0.2, 0.25) is 0 Å². The summed E-state index contributed by atoms with van der Waals surface area (Å²) in [5.74, 6) is 0.791. The largest absolute Gasteiger partial charge is 0.335 e. The van der Waals surface area contributed by atoms with Crippen LogP contribution in [0.15, 0.2) is 6.20 Å². The lowest BCUT2D eigenvalue weighted by atomic mass is 9.94. The van der Waals surface area contributed by atoms with Crippen molar-refractivity contribution < 1.29 is 4.79 Å². The van der Waals surface area contributed by atoms with E-state index in [1.54, 1.807) is 6.20 Å². The van der Waals surface area contributed by atoms with Crippen LogP contribution in [0.25, 0.3) is 0 Å². The molecule has 0 aliphatic heterocycles. The highest BCUT2D eigenvalue weighted by Gasteiger charge is 2.27. The van der Waals surface area contributed by atoms with Crippen LogP contribution in [0.3, 0.4) is 0 Å². The Morgan fingerprint density at radius 1 is 1.38 bits per heavy atom. The van der Waals surface area contributed by atoms with Gasteiger partial charge >= 0.3 is 0 Å². The summed E-state index contributed by atoms with van der Waals surface area (Å²) in [6, 6.07) is 0.324. The Hall–Kier alpha value is -1.16. The standard InChI is InChI=1S/C16H24ClN3O/c1-4-20(12-8-6-5-7-9-12)16(21)14-13(17)10-18-15(19-14)11(2)3/h10-12H,4-9H2,1-3H3. The third-order valence-corrected chi connectivity index (χ3v) is 4.38. The summed E-state index contributed by atoms with van der Waals surface area (Å²) in [5, 5.41) is 0.346. The molecule has 1 fully saturated rings. The second-order valence-corrected chi connectivity index (χ2v) is 6.37. The molecule has 1 aromatic heterocycles. The fourth-order valence-electron chi connectivity index (χ4n) is 2.91. The molecular weight excluding hydrogens is 286 g/mol. The fourth-order valence-corrected chi connectivity index (χ4v) is 3.08. The van der Waals surface area contributed by atoms with Crippen molar-refractivity contribution in [2.24, 2.45) is 0 Å². The van der Waals surface area contributed by atoms with Gasteiger partial charge in [0, 0.05) is 18.5 Å². The van der Waals surface area contributed by atoms with Gasteiger partial charge in [0.25, 0.3) is 5.91 Å². The van der Waals surface area contributed by atoms with E-state index in [0.717, 1.165) is 12.8 Å². The molecule has 1 amide bonds. The molecule has 0 aromatic carbocycles. The Morgan fingerprint density at radius 2 is 2.05 bits per heavy atom. The Labute approximate surface area is 131 Å². The first-order valence-corrected chi connectivity index (χ1v) is 8.25. The molecule has 1 heterocycles. The van der Waals surface area contributed by atoms with Crippen LogP contribution in [0.2, 0.25) is 5.02 Å². The third-order valence-electron chi connectivity index (χ3n) is 4.10. The highest BCUT2D eigenvalue weighted by atomic mass is 35.5. The van der Waals surface area contributed by atoms with Crippen LogP contribution >= 0.6 is 11.6 Å². The maximum absolute atomic E-state index is 12.8. The second kappa shape index (κ2) is 7.21. The van der Waals surface area contributed by atoms with Gasteiger partial charge in [0.15, 0.2) is 5.69 Å². The molecule has 0 unspecified atom stereocenters. The second-order valence-electron chi connectivity index (χ2n) is 5.96. The van der Waals surface area contributed by atoms with Crippen molar-refractivity contribution in [3.63, 3.8) is 0 Å². The zero-order valence-corrected chi connectivity index (χ0v) is 13.9. The van der Waals surface area contributed by atoms with E-state index in [4.69, 9.17) is 11.6 Å². The van der Waals surface area contributed by atoms with Gasteiger partial charge in [-0.1, -0.05) is 44.7 Å². The van der Waals surface area contributed by atoms with Gasteiger partial charge in [-0.3, -0.25) is 4.79 Å². The quantitative estimate of drug-likeness (QED) is 0.843. The van der Waals surface area contributed by atoms with Gasteiger partial charge in [0.1, 0.15) is 5.82 Å². The van der Waals surface area contributed by atoms with Gasteiger partial charge in [-0.25, -0.2) is 9.97 Å². The molecule has 0 saturated heterocycles. The first-order chi connectivity index (χ1) is 10.0. The zero-order valence-electron chi connectivity index (χ0n) is 13.1. The van der Waals surface area contributed by atoms with Crippen molar-refractivity contribution in [3.8, 4) is 0 Å². The smallest absolute Gasteiger partial charge is 0.274 e. The topological polar surface area (TPSA) is 46.1 Å². The predicted molar refractivity (Wildman–Crippen MR) is 84.7 cm³/mol. The minimum absolute atomic E-state index is 0.0568. The number of carbonyl (C=O) groups excluding carboxylic acids is 1. The predicted octanol–water partition coefficient (Wildman–Crippen LogP) is 4.05. The molecule has 0 atom stereocenters. The van der Waals surface area contributed by atoms with E-state index in [2.05, 4.69) is 9.97 Å². The average molecular weight is 310 g/mol. The van der Waals surface area contributed by atoms with E-state index < -0.39 is 0 Å². The molecule has 0 N–H and O–H groups in total. The van der Waals surface area contributed by atoms with Crippen molar-refractivity contribution in [3.05, 3.63) is 22.7 Å². The molecule has 0 bridgehead atoms. The molecule has 5 heteroatoms. The number of halogens is 1. The monoisotopic (exact) mass is 309 g/mol. The molecule has 21 heavy (non-hydrogen) atoms. The molecule has 1 aliphatic rings. The molecular formula is C16H24ClN3O. The summed E-state index contributed by atoms with van der Waals surface area (Å²) < 4.78 is 0. The van der Waals surface area contributed by atoms with Crippen LogP contribution in [0.5, 0.6) is 0 Å². The number of rotatable bonds is 4. The Balaban J connectivity index is 2.26. The van der Waals surface area contributed by atoms with Crippen LogP contribution < -0.4 is 0 Å². The highest BCUT2D eigenvalue weighted by Crippen LogP contribution is 2.25. The SMILES string of the molecule is CCN(C(=O)c1nc(C(C)C)ncc1Cl)C1CCCCC1. The molecule has 1 saturated carbocycles. The van der Waals surface area contributed by atoms with Crippen molar-refractivity contribution >= 4 is 17.5 Å². The maximum Gasteiger partial charge on any atom is 0.274 e. The molecule has 2 rings (SSSR count). The van der Waals surface area contributed by atoms with Gasteiger partial charge in [0.05, 0.1) is 11.2 Å². The summed E-state index contributed by atoms with van der Waals surface area (Å²) >= 11 is 6.16. The maximum atomic E-state index is 12.8. The van der Waals surface area contributed by atoms with Crippen molar-refractivity contribution in [1.29, 1.82) is 0 Å². The first kappa shape index (κ1) is 16.2. The normalized spacial score (nSPS) is 16.2. The Kier molecular flexibility index (Phi) is 5.57. The molecule has 4 nitrogen and oxygen atoms in total. The van der Waals surface area contributed by atoms with Gasteiger partial charge < -0.3 is 4.90 Å². The van der Waals surface area contributed by atoms with Crippen LogP contribution in [0.1, 0.15) is 75.1 Å². The first-order valence-electron chi connectivity index (χ1n) is 7.88. The number of amides is 1. The van der Waals surface area contributed by atoms with E-state index in [1.165, 1.54) is 19.3 Å². The highest BCUT2D eigenvalue weighted by molar-refractivity contribution is 6.33. The number of aromatic nitrogens is 2. The van der Waals surface area contributed by atoms with Crippen molar-refractivity contribution in [2.45, 2.75) is 64.8 Å². The van der Waals surface area contributed by atoms with Gasteiger partial charge in [-0.15, -0.1) is 0 Å². The number of carbonyl (C=O) groups is 1. The lowest BCUT2D eigenvalue weighted by Crippen LogP contribution is -2.41. The molecule has 0 spiro atoms. The van der Waals surface area contributed by atoms with E-state index in [0.29, 0.717) is 29.1 Å². The lowest BCUT2D eigenvalue weighted by Gasteiger charge is -2.33. The summed E-state index contributed by atoms with van der Waals surface area (Å²) in [4.78, 5) is 23.4. The fraction of sp³-hybridized carbons (Fsp3) is 0.688. The minimum atomic E-state index is -0.0568. The van der Waals surface area contributed by atoms with E-state index in [-0.39, 0.29) is 11.8 Å². The number of hydrogen-bond donors (Lipinski definition) is 0. The summed E-state index contributed by atoms with van der Waals surface area (Å²) in [6.45, 7) is 6.73. The lowest BCUT2D eigenvalue weighted by molar-refractivity contribution is 0.0641. The summed E-state index contributed by atoms with van der Waals surface area (Å²) in [5.41, 5.74) is 0.350. The Bertz CT molecular complexity index is 498. The van der Waals surface area contributed by atoms with Gasteiger partial charge in [-0.05, 0) is 19.8 Å². The van der Waals surface area contributed by atoms with Crippen LogP contribution in [0.4, 0.5) is 0 Å². The third kappa shape index (κ3) is 3.73. The zero-order chi connectivity index (χ0) is 15.4. The molecule has 1 aliphatic carbocycles. The number of nitrogens with zero attached hydrogens (tertiary/aromatic N) is 3. The van der Waals surface area contributed by atoms with Gasteiger partial charge in [-0.2, -0.15) is 0 Å². The Morgan fingerprint density at radius 3 is 2.62 bits per heavy atom. The molecule has 1 aromatic rings. The summed E-state index contributed by atoms with van der Waals surface area (Å²) in [7, 11) is 0.